The SMILES string of the molecule is Oc1c(Cl)cc(Cl)cc1CNNc1ccccc1. The van der Waals surface area contributed by atoms with Crippen molar-refractivity contribution in [3.05, 3.63) is 58.1 Å². The van der Waals surface area contributed by atoms with Gasteiger partial charge >= 0.3 is 0 Å². The lowest BCUT2D eigenvalue weighted by Crippen LogP contribution is -2.20. The normalized spacial score (nSPS) is 10.3. The topological polar surface area (TPSA) is 44.3 Å². The van der Waals surface area contributed by atoms with Crippen LogP contribution >= 0.6 is 23.2 Å². The third-order valence-electron chi connectivity index (χ3n) is 2.39. The van der Waals surface area contributed by atoms with Gasteiger partial charge in [0.05, 0.1) is 5.02 Å². The Kier molecular flexibility index (Phi) is 4.31. The number of hydrogen-bond acceptors (Lipinski definition) is 3. The molecule has 0 aliphatic heterocycles. The largest absolute Gasteiger partial charge is 0.506 e. The van der Waals surface area contributed by atoms with Gasteiger partial charge in [-0.15, -0.1) is 0 Å². The van der Waals surface area contributed by atoms with E-state index in [0.29, 0.717) is 17.1 Å². The number of nitrogens with one attached hydrogen (secondary N) is 2. The number of halogens is 2. The van der Waals surface area contributed by atoms with E-state index in [9.17, 15) is 5.11 Å². The zero-order valence-electron chi connectivity index (χ0n) is 9.45. The highest BCUT2D eigenvalue weighted by atomic mass is 35.5. The Bertz CT molecular complexity index is 532. The molecule has 0 aliphatic rings. The van der Waals surface area contributed by atoms with Crippen molar-refractivity contribution in [1.82, 2.24) is 5.43 Å². The third-order valence-corrected chi connectivity index (χ3v) is 2.90. The van der Waals surface area contributed by atoms with Crippen molar-refractivity contribution < 1.29 is 5.11 Å². The lowest BCUT2D eigenvalue weighted by atomic mass is 10.2. The van der Waals surface area contributed by atoms with Crippen LogP contribution in [0.4, 0.5) is 5.69 Å². The average molecular weight is 283 g/mol. The second kappa shape index (κ2) is 5.96. The summed E-state index contributed by atoms with van der Waals surface area (Å²) < 4.78 is 0. The highest BCUT2D eigenvalue weighted by molar-refractivity contribution is 6.35. The van der Waals surface area contributed by atoms with E-state index in [0.717, 1.165) is 5.69 Å². The molecule has 0 aromatic heterocycles. The summed E-state index contributed by atoms with van der Waals surface area (Å²) in [4.78, 5) is 0. The van der Waals surface area contributed by atoms with Crippen LogP contribution in [-0.2, 0) is 6.54 Å². The molecular formula is C13H12Cl2N2O. The van der Waals surface area contributed by atoms with Gasteiger partial charge in [0, 0.05) is 22.8 Å². The van der Waals surface area contributed by atoms with Crippen LogP contribution in [0.5, 0.6) is 5.75 Å². The molecule has 0 atom stereocenters. The lowest BCUT2D eigenvalue weighted by molar-refractivity contribution is 0.466. The molecule has 3 nitrogen and oxygen atoms in total. The quantitative estimate of drug-likeness (QED) is 0.747. The van der Waals surface area contributed by atoms with E-state index >= 15 is 0 Å². The van der Waals surface area contributed by atoms with E-state index in [2.05, 4.69) is 10.9 Å². The third kappa shape index (κ3) is 3.29. The molecule has 2 rings (SSSR count). The van der Waals surface area contributed by atoms with Crippen molar-refractivity contribution in [1.29, 1.82) is 0 Å². The smallest absolute Gasteiger partial charge is 0.138 e. The Labute approximate surface area is 115 Å². The molecule has 94 valence electrons. The van der Waals surface area contributed by atoms with Gasteiger partial charge in [-0.25, -0.2) is 5.43 Å². The molecular weight excluding hydrogens is 271 g/mol. The van der Waals surface area contributed by atoms with Gasteiger partial charge in [0.2, 0.25) is 0 Å². The first-order valence-corrected chi connectivity index (χ1v) is 6.13. The van der Waals surface area contributed by atoms with Crippen molar-refractivity contribution in [2.75, 3.05) is 5.43 Å². The van der Waals surface area contributed by atoms with E-state index in [4.69, 9.17) is 23.2 Å². The van der Waals surface area contributed by atoms with Gasteiger partial charge in [-0.1, -0.05) is 41.4 Å². The number of hydrazine groups is 1. The molecule has 0 aliphatic carbocycles. The number of benzene rings is 2. The summed E-state index contributed by atoms with van der Waals surface area (Å²) in [6.07, 6.45) is 0. The predicted molar refractivity (Wildman–Crippen MR) is 75.0 cm³/mol. The van der Waals surface area contributed by atoms with Gasteiger partial charge in [-0.05, 0) is 24.3 Å². The molecule has 0 heterocycles. The molecule has 0 spiro atoms. The molecule has 2 aromatic carbocycles. The van der Waals surface area contributed by atoms with Gasteiger partial charge in [-0.3, -0.25) is 0 Å². The molecule has 0 bridgehead atoms. The zero-order chi connectivity index (χ0) is 13.0. The van der Waals surface area contributed by atoms with Crippen molar-refractivity contribution >= 4 is 28.9 Å². The van der Waals surface area contributed by atoms with Gasteiger partial charge in [0.25, 0.3) is 0 Å². The fourth-order valence-corrected chi connectivity index (χ4v) is 2.05. The number of hydrogen-bond donors (Lipinski definition) is 3. The van der Waals surface area contributed by atoms with E-state index in [1.54, 1.807) is 6.07 Å². The van der Waals surface area contributed by atoms with E-state index in [-0.39, 0.29) is 10.8 Å². The minimum absolute atomic E-state index is 0.0448. The summed E-state index contributed by atoms with van der Waals surface area (Å²) in [6.45, 7) is 0.404. The van der Waals surface area contributed by atoms with Crippen LogP contribution in [0.2, 0.25) is 10.0 Å². The number of aromatic hydroxyl groups is 1. The number of para-hydroxylation sites is 1. The van der Waals surface area contributed by atoms with Crippen LogP contribution in [-0.4, -0.2) is 5.11 Å². The molecule has 5 heteroatoms. The van der Waals surface area contributed by atoms with E-state index in [1.165, 1.54) is 6.07 Å². The van der Waals surface area contributed by atoms with Crippen molar-refractivity contribution in [3.8, 4) is 5.75 Å². The van der Waals surface area contributed by atoms with Crippen molar-refractivity contribution in [3.63, 3.8) is 0 Å². The highest BCUT2D eigenvalue weighted by Crippen LogP contribution is 2.30. The molecule has 0 amide bonds. The summed E-state index contributed by atoms with van der Waals surface area (Å²) >= 11 is 11.7. The molecule has 0 radical (unpaired) electrons. The summed E-state index contributed by atoms with van der Waals surface area (Å²) in [7, 11) is 0. The standard InChI is InChI=1S/C13H12Cl2N2O/c14-10-6-9(13(18)12(15)7-10)8-16-17-11-4-2-1-3-5-11/h1-7,16-18H,8H2. The first kappa shape index (κ1) is 13.0. The fraction of sp³-hybridized carbons (Fsp3) is 0.0769. The highest BCUT2D eigenvalue weighted by Gasteiger charge is 2.07. The zero-order valence-corrected chi connectivity index (χ0v) is 11.0. The Hall–Kier alpha value is -1.42. The van der Waals surface area contributed by atoms with Gasteiger partial charge < -0.3 is 10.5 Å². The maximum absolute atomic E-state index is 9.76. The van der Waals surface area contributed by atoms with Crippen LogP contribution in [0.1, 0.15) is 5.56 Å². The average Bonchev–Trinajstić information content (AvgIpc) is 2.36. The summed E-state index contributed by atoms with van der Waals surface area (Å²) in [5.41, 5.74) is 7.57. The number of rotatable bonds is 4. The lowest BCUT2D eigenvalue weighted by Gasteiger charge is -2.10. The van der Waals surface area contributed by atoms with E-state index in [1.807, 2.05) is 30.3 Å². The summed E-state index contributed by atoms with van der Waals surface area (Å²) in [5.74, 6) is 0.0448. The van der Waals surface area contributed by atoms with Crippen molar-refractivity contribution in [2.24, 2.45) is 0 Å². The van der Waals surface area contributed by atoms with E-state index < -0.39 is 0 Å². The number of phenols is 1. The minimum Gasteiger partial charge on any atom is -0.506 e. The molecule has 2 aromatic rings. The van der Waals surface area contributed by atoms with Crippen LogP contribution in [0.25, 0.3) is 0 Å². The first-order valence-electron chi connectivity index (χ1n) is 5.37. The Balaban J connectivity index is 1.99. The molecule has 0 saturated heterocycles. The summed E-state index contributed by atoms with van der Waals surface area (Å²) in [5, 5.41) is 10.5. The maximum atomic E-state index is 9.76. The monoisotopic (exact) mass is 282 g/mol. The second-order valence-corrected chi connectivity index (χ2v) is 4.58. The number of phenolic OH excluding ortho intramolecular Hbond substituents is 1. The minimum atomic E-state index is 0.0448. The summed E-state index contributed by atoms with van der Waals surface area (Å²) in [6, 6.07) is 12.8. The van der Waals surface area contributed by atoms with Crippen LogP contribution in [0, 0.1) is 0 Å². The Morgan fingerprint density at radius 1 is 1.06 bits per heavy atom. The second-order valence-electron chi connectivity index (χ2n) is 3.74. The molecule has 0 saturated carbocycles. The Morgan fingerprint density at radius 3 is 2.50 bits per heavy atom. The predicted octanol–water partition coefficient (Wildman–Crippen LogP) is 3.82. The van der Waals surface area contributed by atoms with Gasteiger partial charge in [0.15, 0.2) is 0 Å². The molecule has 0 fully saturated rings. The van der Waals surface area contributed by atoms with Crippen LogP contribution in [0.15, 0.2) is 42.5 Å². The molecule has 3 N–H and O–H groups in total. The Morgan fingerprint density at radius 2 is 1.78 bits per heavy atom. The van der Waals surface area contributed by atoms with Crippen LogP contribution < -0.4 is 10.9 Å². The van der Waals surface area contributed by atoms with Gasteiger partial charge in [0.1, 0.15) is 5.75 Å². The first-order chi connectivity index (χ1) is 8.66. The van der Waals surface area contributed by atoms with Crippen molar-refractivity contribution in [2.45, 2.75) is 6.54 Å². The molecule has 18 heavy (non-hydrogen) atoms. The van der Waals surface area contributed by atoms with Gasteiger partial charge in [-0.2, -0.15) is 0 Å². The maximum Gasteiger partial charge on any atom is 0.138 e. The number of anilines is 1. The molecule has 0 unspecified atom stereocenters. The fourth-order valence-electron chi connectivity index (χ4n) is 1.52. The van der Waals surface area contributed by atoms with Crippen LogP contribution in [0.3, 0.4) is 0 Å².